The van der Waals surface area contributed by atoms with Crippen LogP contribution < -0.4 is 16.4 Å². The van der Waals surface area contributed by atoms with E-state index in [2.05, 4.69) is 20.3 Å². The van der Waals surface area contributed by atoms with Crippen molar-refractivity contribution in [2.24, 2.45) is 5.73 Å². The molecule has 0 saturated carbocycles. The van der Waals surface area contributed by atoms with Crippen LogP contribution >= 0.6 is 22.9 Å². The number of anilines is 2. The van der Waals surface area contributed by atoms with Crippen LogP contribution in [0.3, 0.4) is 0 Å². The number of thiophene rings is 1. The van der Waals surface area contributed by atoms with Crippen molar-refractivity contribution in [3.63, 3.8) is 0 Å². The Bertz CT molecular complexity index is 886. The summed E-state index contributed by atoms with van der Waals surface area (Å²) in [5.74, 6) is -0.770. The molecule has 0 fully saturated rings. The number of hydrogen-bond acceptors (Lipinski definition) is 7. The minimum Gasteiger partial charge on any atom is -0.469 e. The van der Waals surface area contributed by atoms with Crippen molar-refractivity contribution in [3.8, 4) is 0 Å². The van der Waals surface area contributed by atoms with E-state index in [-0.39, 0.29) is 5.97 Å². The smallest absolute Gasteiger partial charge is 0.306 e. The van der Waals surface area contributed by atoms with Gasteiger partial charge in [-0.15, -0.1) is 11.3 Å². The second kappa shape index (κ2) is 11.5. The fourth-order valence-electron chi connectivity index (χ4n) is 3.03. The highest BCUT2D eigenvalue weighted by Crippen LogP contribution is 2.36. The van der Waals surface area contributed by atoms with Crippen LogP contribution in [0.15, 0.2) is 24.3 Å². The summed E-state index contributed by atoms with van der Waals surface area (Å²) >= 11 is 7.00. The first-order chi connectivity index (χ1) is 14.4. The predicted octanol–water partition coefficient (Wildman–Crippen LogP) is 2.72. The Morgan fingerprint density at radius 3 is 2.60 bits per heavy atom. The van der Waals surface area contributed by atoms with Crippen molar-refractivity contribution in [3.05, 3.63) is 45.3 Å². The highest BCUT2D eigenvalue weighted by atomic mass is 35.5. The van der Waals surface area contributed by atoms with Crippen LogP contribution in [0, 0.1) is 0 Å². The normalized spacial score (nSPS) is 12.8. The second-order valence-electron chi connectivity index (χ2n) is 6.44. The van der Waals surface area contributed by atoms with E-state index in [0.717, 1.165) is 27.7 Å². The van der Waals surface area contributed by atoms with Crippen LogP contribution in [0.4, 0.5) is 10.7 Å². The molecule has 3 rings (SSSR count). The Morgan fingerprint density at radius 1 is 1.33 bits per heavy atom. The van der Waals surface area contributed by atoms with E-state index < -0.39 is 5.91 Å². The molecule has 30 heavy (non-hydrogen) atoms. The molecule has 0 spiro atoms. The largest absolute Gasteiger partial charge is 0.469 e. The molecule has 10 heteroatoms. The van der Waals surface area contributed by atoms with Gasteiger partial charge in [0.05, 0.1) is 19.1 Å². The lowest BCUT2D eigenvalue weighted by atomic mass is 10.0. The molecule has 162 valence electrons. The fraction of sp³-hybridized carbons (Fsp3) is 0.350. The molecule has 2 heterocycles. The van der Waals surface area contributed by atoms with Gasteiger partial charge in [0.1, 0.15) is 5.00 Å². The number of benzene rings is 1. The molecule has 0 bridgehead atoms. The van der Waals surface area contributed by atoms with Gasteiger partial charge in [-0.05, 0) is 36.2 Å². The van der Waals surface area contributed by atoms with Gasteiger partial charge in [0.25, 0.3) is 5.91 Å². The lowest BCUT2D eigenvalue weighted by Crippen LogP contribution is -2.32. The fourth-order valence-corrected chi connectivity index (χ4v) is 4.41. The number of hydrogen-bond donors (Lipinski definition) is 3. The second-order valence-corrected chi connectivity index (χ2v) is 7.99. The highest BCUT2D eigenvalue weighted by molar-refractivity contribution is 7.16. The SMILES string of the molecule is CNc1ccc(Cl)cc1.COC(=O)CCN1CCc2c(sc(NC=O)c2C(N)=O)C1. The minimum absolute atomic E-state index is 0.242. The number of amides is 2. The zero-order chi connectivity index (χ0) is 22.1. The summed E-state index contributed by atoms with van der Waals surface area (Å²) in [6.07, 6.45) is 1.55. The van der Waals surface area contributed by atoms with Gasteiger partial charge >= 0.3 is 5.97 Å². The molecular formula is C20H25ClN4O4S. The van der Waals surface area contributed by atoms with Gasteiger partial charge in [-0.3, -0.25) is 19.3 Å². The van der Waals surface area contributed by atoms with E-state index in [1.54, 1.807) is 0 Å². The maximum atomic E-state index is 11.6. The van der Waals surface area contributed by atoms with Crippen molar-refractivity contribution >= 4 is 51.9 Å². The summed E-state index contributed by atoms with van der Waals surface area (Å²) in [5, 5.41) is 6.80. The third kappa shape index (κ3) is 6.45. The molecule has 8 nitrogen and oxygen atoms in total. The molecule has 4 N–H and O–H groups in total. The van der Waals surface area contributed by atoms with Gasteiger partial charge in [-0.2, -0.15) is 0 Å². The summed E-state index contributed by atoms with van der Waals surface area (Å²) in [4.78, 5) is 36.5. The van der Waals surface area contributed by atoms with E-state index in [4.69, 9.17) is 17.3 Å². The van der Waals surface area contributed by atoms with Crippen LogP contribution in [0.5, 0.6) is 0 Å². The third-order valence-electron chi connectivity index (χ3n) is 4.57. The number of primary amides is 1. The van der Waals surface area contributed by atoms with Crippen molar-refractivity contribution in [1.29, 1.82) is 0 Å². The summed E-state index contributed by atoms with van der Waals surface area (Å²) in [5.41, 5.74) is 7.80. The number of methoxy groups -OCH3 is 1. The molecule has 1 aromatic carbocycles. The molecule has 2 amide bonds. The van der Waals surface area contributed by atoms with E-state index in [9.17, 15) is 14.4 Å². The number of rotatable bonds is 7. The van der Waals surface area contributed by atoms with Gasteiger partial charge < -0.3 is 21.1 Å². The summed E-state index contributed by atoms with van der Waals surface area (Å²) in [7, 11) is 3.25. The van der Waals surface area contributed by atoms with Crippen LogP contribution in [-0.2, 0) is 27.3 Å². The Balaban J connectivity index is 0.000000297. The van der Waals surface area contributed by atoms with Crippen LogP contribution in [0.2, 0.25) is 5.02 Å². The van der Waals surface area contributed by atoms with Crippen molar-refractivity contribution < 1.29 is 19.1 Å². The quantitative estimate of drug-likeness (QED) is 0.439. The Morgan fingerprint density at radius 2 is 2.03 bits per heavy atom. The first kappa shape index (κ1) is 23.7. The van der Waals surface area contributed by atoms with Crippen molar-refractivity contribution in [2.75, 3.05) is 37.9 Å². The monoisotopic (exact) mass is 452 g/mol. The number of fused-ring (bicyclic) bond motifs is 1. The molecule has 2 aromatic rings. The Kier molecular flexibility index (Phi) is 9.10. The highest BCUT2D eigenvalue weighted by Gasteiger charge is 2.26. The van der Waals surface area contributed by atoms with E-state index in [1.165, 1.54) is 18.4 Å². The number of nitrogens with zero attached hydrogens (tertiary/aromatic N) is 1. The van der Waals surface area contributed by atoms with E-state index >= 15 is 0 Å². The Labute approximate surface area is 184 Å². The number of carbonyl (C=O) groups is 3. The van der Waals surface area contributed by atoms with Crippen molar-refractivity contribution in [2.45, 2.75) is 19.4 Å². The molecule has 0 radical (unpaired) electrons. The molecule has 0 aliphatic carbocycles. The average molecular weight is 453 g/mol. The zero-order valence-corrected chi connectivity index (χ0v) is 18.4. The molecule has 1 aromatic heterocycles. The number of esters is 1. The van der Waals surface area contributed by atoms with Gasteiger partial charge in [0, 0.05) is 42.3 Å². The molecule has 1 aliphatic rings. The Hall–Kier alpha value is -2.62. The number of nitrogens with one attached hydrogen (secondary N) is 2. The predicted molar refractivity (Wildman–Crippen MR) is 119 cm³/mol. The summed E-state index contributed by atoms with van der Waals surface area (Å²) < 4.78 is 4.62. The maximum absolute atomic E-state index is 11.6. The van der Waals surface area contributed by atoms with E-state index in [1.807, 2.05) is 31.3 Å². The van der Waals surface area contributed by atoms with Crippen LogP contribution in [0.1, 0.15) is 27.2 Å². The number of carbonyl (C=O) groups excluding carboxylic acids is 3. The van der Waals surface area contributed by atoms with Gasteiger partial charge in [-0.1, -0.05) is 11.6 Å². The topological polar surface area (TPSA) is 114 Å². The zero-order valence-electron chi connectivity index (χ0n) is 16.9. The molecule has 0 saturated heterocycles. The standard InChI is InChI=1S/C13H17N3O4S.C7H8ClN/c1-20-10(18)3-5-16-4-2-8-9(6-16)21-13(15-7-17)11(8)12(14)19;1-9-7-4-2-6(8)3-5-7/h7H,2-6H2,1H3,(H2,14,19)(H,15,17);2-5,9H,1H3. The van der Waals surface area contributed by atoms with Gasteiger partial charge in [-0.25, -0.2) is 0 Å². The molecular weight excluding hydrogens is 428 g/mol. The summed E-state index contributed by atoms with van der Waals surface area (Å²) in [6, 6.07) is 7.57. The van der Waals surface area contributed by atoms with Crippen LogP contribution in [-0.4, -0.2) is 50.4 Å². The lowest BCUT2D eigenvalue weighted by Gasteiger charge is -2.26. The summed E-state index contributed by atoms with van der Waals surface area (Å²) in [6.45, 7) is 1.98. The number of halogens is 1. The molecule has 0 atom stereocenters. The maximum Gasteiger partial charge on any atom is 0.306 e. The van der Waals surface area contributed by atoms with E-state index in [0.29, 0.717) is 42.9 Å². The van der Waals surface area contributed by atoms with Crippen molar-refractivity contribution in [1.82, 2.24) is 4.90 Å². The first-order valence-electron chi connectivity index (χ1n) is 9.26. The average Bonchev–Trinajstić information content (AvgIpc) is 3.10. The van der Waals surface area contributed by atoms with Crippen LogP contribution in [0.25, 0.3) is 0 Å². The van der Waals surface area contributed by atoms with Gasteiger partial charge in [0.2, 0.25) is 6.41 Å². The first-order valence-corrected chi connectivity index (χ1v) is 10.5. The third-order valence-corrected chi connectivity index (χ3v) is 5.97. The minimum atomic E-state index is -0.528. The lowest BCUT2D eigenvalue weighted by molar-refractivity contribution is -0.141. The number of ether oxygens (including phenoxy) is 1. The molecule has 0 unspecified atom stereocenters. The van der Waals surface area contributed by atoms with Gasteiger partial charge in [0.15, 0.2) is 0 Å². The number of nitrogens with two attached hydrogens (primary N) is 1. The molecule has 1 aliphatic heterocycles.